The van der Waals surface area contributed by atoms with Gasteiger partial charge in [-0.2, -0.15) is 0 Å². The van der Waals surface area contributed by atoms with Crippen molar-refractivity contribution < 1.29 is 23.9 Å². The molecule has 0 aliphatic carbocycles. The van der Waals surface area contributed by atoms with Crippen LogP contribution in [0.15, 0.2) is 24.3 Å². The van der Waals surface area contributed by atoms with Gasteiger partial charge in [-0.05, 0) is 37.8 Å². The summed E-state index contributed by atoms with van der Waals surface area (Å²) in [4.78, 5) is 39.4. The predicted octanol–water partition coefficient (Wildman–Crippen LogP) is 2.66. The van der Waals surface area contributed by atoms with Crippen LogP contribution in [0.25, 0.3) is 0 Å². The van der Waals surface area contributed by atoms with Gasteiger partial charge in [0.05, 0.1) is 7.11 Å². The Labute approximate surface area is 166 Å². The van der Waals surface area contributed by atoms with Gasteiger partial charge in [-0.3, -0.25) is 4.79 Å². The van der Waals surface area contributed by atoms with Crippen LogP contribution in [-0.4, -0.2) is 47.7 Å². The zero-order chi connectivity index (χ0) is 21.1. The van der Waals surface area contributed by atoms with Gasteiger partial charge < -0.3 is 19.7 Å². The number of nitrogens with one attached hydrogen (secondary N) is 1. The van der Waals surface area contributed by atoms with Crippen LogP contribution in [0.3, 0.4) is 0 Å². The third-order valence-corrected chi connectivity index (χ3v) is 4.61. The molecule has 7 nitrogen and oxygen atoms in total. The molecule has 154 valence electrons. The average Bonchev–Trinajstić information content (AvgIpc) is 2.62. The number of fused-ring (bicyclic) bond motifs is 1. The lowest BCUT2D eigenvalue weighted by Gasteiger charge is -2.38. The number of amides is 2. The lowest BCUT2D eigenvalue weighted by molar-refractivity contribution is -0.155. The molecule has 0 radical (unpaired) electrons. The number of esters is 1. The van der Waals surface area contributed by atoms with Gasteiger partial charge in [-0.15, -0.1) is 0 Å². The fourth-order valence-electron chi connectivity index (χ4n) is 3.23. The molecular formula is C21H30N2O5. The Kier molecular flexibility index (Phi) is 6.69. The Morgan fingerprint density at radius 2 is 1.75 bits per heavy atom. The minimum atomic E-state index is -0.813. The van der Waals surface area contributed by atoms with Crippen molar-refractivity contribution in [3.05, 3.63) is 35.4 Å². The van der Waals surface area contributed by atoms with Crippen molar-refractivity contribution >= 4 is 18.0 Å². The van der Waals surface area contributed by atoms with Crippen molar-refractivity contribution in [2.24, 2.45) is 5.92 Å². The van der Waals surface area contributed by atoms with E-state index in [1.165, 1.54) is 12.0 Å². The third-order valence-electron chi connectivity index (χ3n) is 4.61. The van der Waals surface area contributed by atoms with E-state index in [2.05, 4.69) is 5.32 Å². The summed E-state index contributed by atoms with van der Waals surface area (Å²) in [7, 11) is 1.31. The fraction of sp³-hybridized carbons (Fsp3) is 0.571. The zero-order valence-electron chi connectivity index (χ0n) is 17.4. The Morgan fingerprint density at radius 1 is 1.14 bits per heavy atom. The van der Waals surface area contributed by atoms with Crippen LogP contribution in [0, 0.1) is 5.92 Å². The van der Waals surface area contributed by atoms with E-state index in [-0.39, 0.29) is 18.4 Å². The molecule has 0 saturated carbocycles. The van der Waals surface area contributed by atoms with Crippen LogP contribution in [0.2, 0.25) is 0 Å². The van der Waals surface area contributed by atoms with Crippen LogP contribution in [0.1, 0.15) is 45.7 Å². The maximum atomic E-state index is 13.3. The second-order valence-electron chi connectivity index (χ2n) is 8.35. The van der Waals surface area contributed by atoms with Crippen molar-refractivity contribution in [1.82, 2.24) is 10.2 Å². The molecule has 1 unspecified atom stereocenters. The molecule has 7 heteroatoms. The Hall–Kier alpha value is -2.57. The normalized spacial score (nSPS) is 17.5. The number of alkyl carbamates (subject to hydrolysis) is 1. The van der Waals surface area contributed by atoms with Crippen molar-refractivity contribution in [3.8, 4) is 0 Å². The number of hydrogen-bond acceptors (Lipinski definition) is 5. The predicted molar refractivity (Wildman–Crippen MR) is 104 cm³/mol. The van der Waals surface area contributed by atoms with E-state index >= 15 is 0 Å². The molecule has 1 N–H and O–H groups in total. The van der Waals surface area contributed by atoms with E-state index in [0.717, 1.165) is 11.1 Å². The third kappa shape index (κ3) is 5.24. The first-order valence-electron chi connectivity index (χ1n) is 9.48. The number of methoxy groups -OCH3 is 1. The standard InChI is InChI=1S/C21H30N2O5/c1-13(2)17(22-20(26)28-21(3,4)5)18(24)23-12-15-10-8-7-9-14(15)11-16(23)19(25)27-6/h7-10,13,16-17H,11-12H2,1-6H3,(H,22,26)/t16-,17?/m0/s1. The summed E-state index contributed by atoms with van der Waals surface area (Å²) >= 11 is 0. The molecule has 0 aromatic heterocycles. The Bertz CT molecular complexity index is 739. The van der Waals surface area contributed by atoms with Crippen LogP contribution in [0.4, 0.5) is 4.79 Å². The lowest BCUT2D eigenvalue weighted by Crippen LogP contribution is -2.57. The summed E-state index contributed by atoms with van der Waals surface area (Å²) in [6, 6.07) is 6.16. The smallest absolute Gasteiger partial charge is 0.408 e. The van der Waals surface area contributed by atoms with Crippen molar-refractivity contribution in [1.29, 1.82) is 0 Å². The number of carbonyl (C=O) groups is 3. The van der Waals surface area contributed by atoms with E-state index in [0.29, 0.717) is 6.42 Å². The molecule has 1 aliphatic heterocycles. The van der Waals surface area contributed by atoms with E-state index in [1.54, 1.807) is 20.8 Å². The minimum Gasteiger partial charge on any atom is -0.467 e. The van der Waals surface area contributed by atoms with Gasteiger partial charge in [0.2, 0.25) is 5.91 Å². The topological polar surface area (TPSA) is 84.9 Å². The number of ether oxygens (including phenoxy) is 2. The van der Waals surface area contributed by atoms with Crippen molar-refractivity contribution in [2.75, 3.05) is 7.11 Å². The van der Waals surface area contributed by atoms with E-state index < -0.39 is 29.7 Å². The highest BCUT2D eigenvalue weighted by Gasteiger charge is 2.39. The molecular weight excluding hydrogens is 360 g/mol. The van der Waals surface area contributed by atoms with Crippen LogP contribution < -0.4 is 5.32 Å². The van der Waals surface area contributed by atoms with Gasteiger partial charge in [0.1, 0.15) is 17.7 Å². The molecule has 1 aromatic carbocycles. The van der Waals surface area contributed by atoms with Gasteiger partial charge in [-0.1, -0.05) is 38.1 Å². The minimum absolute atomic E-state index is 0.185. The summed E-state index contributed by atoms with van der Waals surface area (Å²) in [5, 5.41) is 2.67. The second-order valence-corrected chi connectivity index (χ2v) is 8.35. The maximum absolute atomic E-state index is 13.3. The van der Waals surface area contributed by atoms with Gasteiger partial charge in [-0.25, -0.2) is 9.59 Å². The SMILES string of the molecule is COC(=O)[C@@H]1Cc2ccccc2CN1C(=O)C(NC(=O)OC(C)(C)C)C(C)C. The Morgan fingerprint density at radius 3 is 2.29 bits per heavy atom. The molecule has 0 spiro atoms. The maximum Gasteiger partial charge on any atom is 0.408 e. The van der Waals surface area contributed by atoms with E-state index in [1.807, 2.05) is 38.1 Å². The molecule has 2 amide bonds. The van der Waals surface area contributed by atoms with Gasteiger partial charge >= 0.3 is 12.1 Å². The van der Waals surface area contributed by atoms with E-state index in [4.69, 9.17) is 9.47 Å². The van der Waals surface area contributed by atoms with Gasteiger partial charge in [0.15, 0.2) is 0 Å². The van der Waals surface area contributed by atoms with Crippen molar-refractivity contribution in [3.63, 3.8) is 0 Å². The molecule has 0 fully saturated rings. The summed E-state index contributed by atoms with van der Waals surface area (Å²) in [6.45, 7) is 9.23. The Balaban J connectivity index is 2.28. The number of rotatable bonds is 4. The van der Waals surface area contributed by atoms with Crippen LogP contribution in [-0.2, 0) is 32.0 Å². The molecule has 28 heavy (non-hydrogen) atoms. The highest BCUT2D eigenvalue weighted by atomic mass is 16.6. The largest absolute Gasteiger partial charge is 0.467 e. The van der Waals surface area contributed by atoms with Crippen LogP contribution in [0.5, 0.6) is 0 Å². The first-order chi connectivity index (χ1) is 13.0. The quantitative estimate of drug-likeness (QED) is 0.799. The second kappa shape index (κ2) is 8.63. The first-order valence-corrected chi connectivity index (χ1v) is 9.48. The molecule has 1 aromatic rings. The van der Waals surface area contributed by atoms with Crippen LogP contribution >= 0.6 is 0 Å². The number of hydrogen-bond donors (Lipinski definition) is 1. The molecule has 0 saturated heterocycles. The summed E-state index contributed by atoms with van der Waals surface area (Å²) in [5.74, 6) is -0.983. The number of nitrogens with zero attached hydrogens (tertiary/aromatic N) is 1. The molecule has 1 aliphatic rings. The summed E-state index contributed by atoms with van der Waals surface area (Å²) in [6.07, 6.45) is -0.280. The summed E-state index contributed by atoms with van der Waals surface area (Å²) < 4.78 is 10.2. The molecule has 1 heterocycles. The van der Waals surface area contributed by atoms with Gasteiger partial charge in [0.25, 0.3) is 0 Å². The molecule has 0 bridgehead atoms. The zero-order valence-corrected chi connectivity index (χ0v) is 17.4. The lowest BCUT2D eigenvalue weighted by atomic mass is 9.92. The molecule has 2 atom stereocenters. The number of carbonyl (C=O) groups excluding carboxylic acids is 3. The van der Waals surface area contributed by atoms with Gasteiger partial charge in [0, 0.05) is 13.0 Å². The monoisotopic (exact) mass is 390 g/mol. The highest BCUT2D eigenvalue weighted by Crippen LogP contribution is 2.25. The number of benzene rings is 1. The summed E-state index contributed by atoms with van der Waals surface area (Å²) in [5.41, 5.74) is 1.33. The highest BCUT2D eigenvalue weighted by molar-refractivity contribution is 5.90. The molecule has 2 rings (SSSR count). The first kappa shape index (κ1) is 21.7. The van der Waals surface area contributed by atoms with Crippen molar-refractivity contribution in [2.45, 2.75) is 65.3 Å². The average molecular weight is 390 g/mol. The fourth-order valence-corrected chi connectivity index (χ4v) is 3.23. The van der Waals surface area contributed by atoms with E-state index in [9.17, 15) is 14.4 Å².